The van der Waals surface area contributed by atoms with Crippen molar-refractivity contribution in [1.82, 2.24) is 0 Å². The van der Waals surface area contributed by atoms with Crippen LogP contribution in [0.1, 0.15) is 59.2 Å². The minimum atomic E-state index is 0.716. The zero-order chi connectivity index (χ0) is 10.8. The van der Waals surface area contributed by atoms with Gasteiger partial charge in [-0.3, -0.25) is 4.79 Å². The van der Waals surface area contributed by atoms with Crippen LogP contribution in [0.4, 0.5) is 0 Å². The Morgan fingerprint density at radius 1 is 1.40 bits per heavy atom. The molecular weight excluding hydrogens is 184 g/mol. The Kier molecular flexibility index (Phi) is 2.90. The predicted octanol–water partition coefficient (Wildman–Crippen LogP) is 3.64. The standard InChI is InChI=1S/C14H18O/c1-3-14-10(2)7-12(8-13(14)9-15)11-5-4-6-11/h7-9,11H,3-6H2,1-2H3. The summed E-state index contributed by atoms with van der Waals surface area (Å²) in [5.41, 5.74) is 4.77. The molecule has 0 atom stereocenters. The highest BCUT2D eigenvalue weighted by atomic mass is 16.1. The highest BCUT2D eigenvalue weighted by molar-refractivity contribution is 5.78. The number of aldehydes is 1. The lowest BCUT2D eigenvalue weighted by molar-refractivity contribution is 0.112. The molecule has 1 aliphatic rings. The Morgan fingerprint density at radius 3 is 2.60 bits per heavy atom. The molecule has 1 fully saturated rings. The summed E-state index contributed by atoms with van der Waals surface area (Å²) in [6, 6.07) is 4.37. The van der Waals surface area contributed by atoms with E-state index >= 15 is 0 Å². The molecule has 0 amide bonds. The summed E-state index contributed by atoms with van der Waals surface area (Å²) in [7, 11) is 0. The highest BCUT2D eigenvalue weighted by Gasteiger charge is 2.20. The molecular formula is C14H18O. The smallest absolute Gasteiger partial charge is 0.150 e. The summed E-state index contributed by atoms with van der Waals surface area (Å²) in [6.45, 7) is 4.23. The van der Waals surface area contributed by atoms with Gasteiger partial charge in [-0.25, -0.2) is 0 Å². The normalized spacial score (nSPS) is 16.1. The molecule has 1 saturated carbocycles. The average molecular weight is 202 g/mol. The Balaban J connectivity index is 2.42. The molecule has 1 aromatic carbocycles. The third-order valence-electron chi connectivity index (χ3n) is 3.59. The highest BCUT2D eigenvalue weighted by Crippen LogP contribution is 2.37. The van der Waals surface area contributed by atoms with E-state index in [1.165, 1.54) is 36.0 Å². The minimum absolute atomic E-state index is 0.716. The molecule has 1 heteroatoms. The van der Waals surface area contributed by atoms with E-state index in [-0.39, 0.29) is 0 Å². The number of benzene rings is 1. The number of aryl methyl sites for hydroxylation is 1. The Hall–Kier alpha value is -1.11. The maximum Gasteiger partial charge on any atom is 0.150 e. The Morgan fingerprint density at radius 2 is 2.13 bits per heavy atom. The van der Waals surface area contributed by atoms with Crippen LogP contribution in [0, 0.1) is 6.92 Å². The first-order chi connectivity index (χ1) is 7.26. The summed E-state index contributed by atoms with van der Waals surface area (Å²) in [4.78, 5) is 11.0. The molecule has 2 rings (SSSR count). The molecule has 1 aromatic rings. The van der Waals surface area contributed by atoms with Gasteiger partial charge in [-0.15, -0.1) is 0 Å². The maximum absolute atomic E-state index is 11.0. The summed E-state index contributed by atoms with van der Waals surface area (Å²) < 4.78 is 0. The van der Waals surface area contributed by atoms with Crippen LogP contribution in [0.3, 0.4) is 0 Å². The molecule has 0 aliphatic heterocycles. The van der Waals surface area contributed by atoms with Gasteiger partial charge in [0.1, 0.15) is 6.29 Å². The Labute approximate surface area is 91.5 Å². The van der Waals surface area contributed by atoms with Gasteiger partial charge in [0.05, 0.1) is 0 Å². The van der Waals surface area contributed by atoms with Crippen LogP contribution >= 0.6 is 0 Å². The molecule has 15 heavy (non-hydrogen) atoms. The van der Waals surface area contributed by atoms with E-state index in [9.17, 15) is 4.79 Å². The zero-order valence-electron chi connectivity index (χ0n) is 9.55. The first-order valence-corrected chi connectivity index (χ1v) is 5.84. The lowest BCUT2D eigenvalue weighted by Gasteiger charge is -2.27. The van der Waals surface area contributed by atoms with Crippen molar-refractivity contribution in [2.45, 2.75) is 45.4 Å². The fourth-order valence-electron chi connectivity index (χ4n) is 2.44. The van der Waals surface area contributed by atoms with E-state index in [0.717, 1.165) is 18.3 Å². The van der Waals surface area contributed by atoms with Crippen molar-refractivity contribution in [3.63, 3.8) is 0 Å². The summed E-state index contributed by atoms with van der Waals surface area (Å²) in [6.07, 6.45) is 5.89. The molecule has 0 bridgehead atoms. The summed E-state index contributed by atoms with van der Waals surface area (Å²) >= 11 is 0. The first-order valence-electron chi connectivity index (χ1n) is 5.84. The molecule has 0 aromatic heterocycles. The van der Waals surface area contributed by atoms with E-state index in [4.69, 9.17) is 0 Å². The van der Waals surface area contributed by atoms with Crippen molar-refractivity contribution < 1.29 is 4.79 Å². The van der Waals surface area contributed by atoms with Gasteiger partial charge in [0.15, 0.2) is 0 Å². The number of hydrogen-bond donors (Lipinski definition) is 0. The van der Waals surface area contributed by atoms with Crippen LogP contribution in [-0.2, 0) is 6.42 Å². The van der Waals surface area contributed by atoms with Gasteiger partial charge in [0, 0.05) is 5.56 Å². The van der Waals surface area contributed by atoms with E-state index in [1.54, 1.807) is 0 Å². The van der Waals surface area contributed by atoms with E-state index < -0.39 is 0 Å². The molecule has 0 heterocycles. The fraction of sp³-hybridized carbons (Fsp3) is 0.500. The molecule has 1 aliphatic carbocycles. The number of hydrogen-bond acceptors (Lipinski definition) is 1. The maximum atomic E-state index is 11.0. The topological polar surface area (TPSA) is 17.1 Å². The van der Waals surface area contributed by atoms with Crippen LogP contribution in [-0.4, -0.2) is 6.29 Å². The minimum Gasteiger partial charge on any atom is -0.298 e. The van der Waals surface area contributed by atoms with E-state index in [2.05, 4.69) is 26.0 Å². The van der Waals surface area contributed by atoms with Crippen molar-refractivity contribution in [2.24, 2.45) is 0 Å². The third-order valence-corrected chi connectivity index (χ3v) is 3.59. The lowest BCUT2D eigenvalue weighted by atomic mass is 9.78. The van der Waals surface area contributed by atoms with Crippen LogP contribution in [0.5, 0.6) is 0 Å². The van der Waals surface area contributed by atoms with Crippen LogP contribution in [0.25, 0.3) is 0 Å². The van der Waals surface area contributed by atoms with Crippen molar-refractivity contribution in [3.05, 3.63) is 34.4 Å². The molecule has 80 valence electrons. The average Bonchev–Trinajstić information content (AvgIpc) is 2.14. The van der Waals surface area contributed by atoms with E-state index in [0.29, 0.717) is 5.92 Å². The molecule has 0 unspecified atom stereocenters. The van der Waals surface area contributed by atoms with Gasteiger partial charge in [0.25, 0.3) is 0 Å². The fourth-order valence-corrected chi connectivity index (χ4v) is 2.44. The second kappa shape index (κ2) is 4.18. The van der Waals surface area contributed by atoms with Crippen LogP contribution < -0.4 is 0 Å². The molecule has 0 radical (unpaired) electrons. The van der Waals surface area contributed by atoms with Gasteiger partial charge in [-0.2, -0.15) is 0 Å². The number of carbonyl (C=O) groups excluding carboxylic acids is 1. The van der Waals surface area contributed by atoms with Gasteiger partial charge in [-0.05, 0) is 54.9 Å². The van der Waals surface area contributed by atoms with Gasteiger partial charge in [0.2, 0.25) is 0 Å². The summed E-state index contributed by atoms with van der Waals surface area (Å²) in [5, 5.41) is 0. The first kappa shape index (κ1) is 10.4. The SMILES string of the molecule is CCc1c(C)cc(C2CCC2)cc1C=O. The molecule has 0 spiro atoms. The second-order valence-corrected chi connectivity index (χ2v) is 4.50. The van der Waals surface area contributed by atoms with E-state index in [1.807, 2.05) is 0 Å². The van der Waals surface area contributed by atoms with Crippen LogP contribution in [0.2, 0.25) is 0 Å². The summed E-state index contributed by atoms with van der Waals surface area (Å²) in [5.74, 6) is 0.716. The van der Waals surface area contributed by atoms with Gasteiger partial charge < -0.3 is 0 Å². The molecule has 1 nitrogen and oxygen atoms in total. The van der Waals surface area contributed by atoms with Crippen molar-refractivity contribution in [1.29, 1.82) is 0 Å². The Bertz CT molecular complexity index is 375. The number of rotatable bonds is 3. The third kappa shape index (κ3) is 1.83. The number of carbonyl (C=O) groups is 1. The van der Waals surface area contributed by atoms with Crippen LogP contribution in [0.15, 0.2) is 12.1 Å². The predicted molar refractivity (Wildman–Crippen MR) is 62.5 cm³/mol. The largest absolute Gasteiger partial charge is 0.298 e. The van der Waals surface area contributed by atoms with Crippen molar-refractivity contribution in [3.8, 4) is 0 Å². The lowest BCUT2D eigenvalue weighted by Crippen LogP contribution is -2.10. The monoisotopic (exact) mass is 202 g/mol. The van der Waals surface area contributed by atoms with Crippen molar-refractivity contribution >= 4 is 6.29 Å². The van der Waals surface area contributed by atoms with Crippen molar-refractivity contribution in [2.75, 3.05) is 0 Å². The quantitative estimate of drug-likeness (QED) is 0.684. The zero-order valence-corrected chi connectivity index (χ0v) is 9.55. The molecule has 0 N–H and O–H groups in total. The molecule has 0 saturated heterocycles. The second-order valence-electron chi connectivity index (χ2n) is 4.50. The van der Waals surface area contributed by atoms with Gasteiger partial charge in [-0.1, -0.05) is 19.4 Å². The van der Waals surface area contributed by atoms with Gasteiger partial charge >= 0.3 is 0 Å².